The maximum absolute atomic E-state index is 5.33. The fourth-order valence-electron chi connectivity index (χ4n) is 2.18. The predicted molar refractivity (Wildman–Crippen MR) is 108 cm³/mol. The lowest BCUT2D eigenvalue weighted by Crippen LogP contribution is -2.38. The highest BCUT2D eigenvalue weighted by Crippen LogP contribution is 2.27. The van der Waals surface area contributed by atoms with Crippen molar-refractivity contribution in [3.05, 3.63) is 41.8 Å². The van der Waals surface area contributed by atoms with Gasteiger partial charge in [-0.15, -0.1) is 24.0 Å². The largest absolute Gasteiger partial charge is 0.493 e. The van der Waals surface area contributed by atoms with Gasteiger partial charge in [0.25, 0.3) is 0 Å². The predicted octanol–water partition coefficient (Wildman–Crippen LogP) is 2.61. The Labute approximate surface area is 165 Å². The van der Waals surface area contributed by atoms with Crippen molar-refractivity contribution in [2.24, 2.45) is 4.99 Å². The number of benzene rings is 1. The minimum Gasteiger partial charge on any atom is -0.493 e. The Morgan fingerprint density at radius 3 is 2.60 bits per heavy atom. The first-order chi connectivity index (χ1) is 11.8. The van der Waals surface area contributed by atoms with Crippen molar-refractivity contribution >= 4 is 29.9 Å². The SMILES string of the molecule is CCNC(=NCc1ccon1)NCCc1ccc(OC)c(OC)c1.I. The molecule has 2 N–H and O–H groups in total. The minimum absolute atomic E-state index is 0. The van der Waals surface area contributed by atoms with Crippen molar-refractivity contribution in [2.75, 3.05) is 27.3 Å². The molecule has 0 saturated carbocycles. The molecule has 0 spiro atoms. The molecule has 1 aromatic heterocycles. The third kappa shape index (κ3) is 6.81. The van der Waals surface area contributed by atoms with Crippen molar-refractivity contribution < 1.29 is 14.0 Å². The maximum atomic E-state index is 5.33. The molecule has 1 aromatic carbocycles. The summed E-state index contributed by atoms with van der Waals surface area (Å²) in [4.78, 5) is 4.48. The lowest BCUT2D eigenvalue weighted by Gasteiger charge is -2.12. The molecular weight excluding hydrogens is 435 g/mol. The molecular formula is C17H25IN4O3. The van der Waals surface area contributed by atoms with Crippen molar-refractivity contribution in [1.29, 1.82) is 0 Å². The molecule has 2 rings (SSSR count). The number of methoxy groups -OCH3 is 2. The molecule has 0 aliphatic heterocycles. The van der Waals surface area contributed by atoms with E-state index in [9.17, 15) is 0 Å². The Morgan fingerprint density at radius 1 is 1.16 bits per heavy atom. The van der Waals surface area contributed by atoms with Gasteiger partial charge in [0.05, 0.1) is 20.8 Å². The van der Waals surface area contributed by atoms with E-state index in [0.717, 1.165) is 48.2 Å². The summed E-state index contributed by atoms with van der Waals surface area (Å²) in [6.45, 7) is 4.05. The number of aliphatic imine (C=N–C) groups is 1. The Balaban J connectivity index is 0.00000312. The van der Waals surface area contributed by atoms with E-state index in [2.05, 4.69) is 20.8 Å². The van der Waals surface area contributed by atoms with Crippen molar-refractivity contribution in [1.82, 2.24) is 15.8 Å². The molecule has 0 aliphatic rings. The van der Waals surface area contributed by atoms with Crippen LogP contribution >= 0.6 is 24.0 Å². The van der Waals surface area contributed by atoms with Crippen LogP contribution in [0.25, 0.3) is 0 Å². The van der Waals surface area contributed by atoms with Crippen molar-refractivity contribution in [2.45, 2.75) is 19.9 Å². The van der Waals surface area contributed by atoms with E-state index < -0.39 is 0 Å². The first-order valence-corrected chi connectivity index (χ1v) is 7.89. The zero-order valence-corrected chi connectivity index (χ0v) is 17.1. The van der Waals surface area contributed by atoms with Crippen LogP contribution in [0.2, 0.25) is 0 Å². The van der Waals surface area contributed by atoms with E-state index in [0.29, 0.717) is 6.54 Å². The lowest BCUT2D eigenvalue weighted by molar-refractivity contribution is 0.354. The number of halogens is 1. The van der Waals surface area contributed by atoms with Gasteiger partial charge in [0.2, 0.25) is 0 Å². The molecule has 0 amide bonds. The Kier molecular flexibility index (Phi) is 9.75. The molecule has 0 fully saturated rings. The summed E-state index contributed by atoms with van der Waals surface area (Å²) < 4.78 is 15.4. The molecule has 25 heavy (non-hydrogen) atoms. The van der Waals surface area contributed by atoms with Crippen LogP contribution in [0.3, 0.4) is 0 Å². The Morgan fingerprint density at radius 2 is 1.96 bits per heavy atom. The third-order valence-corrected chi connectivity index (χ3v) is 3.39. The van der Waals surface area contributed by atoms with Crippen LogP contribution in [0.4, 0.5) is 0 Å². The summed E-state index contributed by atoms with van der Waals surface area (Å²) in [5.74, 6) is 2.22. The van der Waals surface area contributed by atoms with E-state index >= 15 is 0 Å². The number of hydrogen-bond acceptors (Lipinski definition) is 5. The fraction of sp³-hybridized carbons (Fsp3) is 0.412. The van der Waals surface area contributed by atoms with Gasteiger partial charge < -0.3 is 24.6 Å². The minimum atomic E-state index is 0. The number of aromatic nitrogens is 1. The highest BCUT2D eigenvalue weighted by Gasteiger charge is 2.05. The molecule has 0 unspecified atom stereocenters. The summed E-state index contributed by atoms with van der Waals surface area (Å²) >= 11 is 0. The summed E-state index contributed by atoms with van der Waals surface area (Å²) in [5, 5.41) is 10.4. The molecule has 138 valence electrons. The van der Waals surface area contributed by atoms with Crippen LogP contribution in [0.5, 0.6) is 11.5 Å². The Hall–Kier alpha value is -1.97. The van der Waals surface area contributed by atoms with E-state index in [1.165, 1.54) is 0 Å². The van der Waals surface area contributed by atoms with Gasteiger partial charge in [-0.25, -0.2) is 4.99 Å². The average molecular weight is 460 g/mol. The number of nitrogens with one attached hydrogen (secondary N) is 2. The van der Waals surface area contributed by atoms with E-state index in [1.54, 1.807) is 26.5 Å². The Bertz CT molecular complexity index is 647. The lowest BCUT2D eigenvalue weighted by atomic mass is 10.1. The van der Waals surface area contributed by atoms with E-state index in [4.69, 9.17) is 14.0 Å². The van der Waals surface area contributed by atoms with Gasteiger partial charge in [0.1, 0.15) is 12.0 Å². The van der Waals surface area contributed by atoms with Gasteiger partial charge >= 0.3 is 0 Å². The molecule has 0 bridgehead atoms. The first kappa shape index (κ1) is 21.1. The van der Waals surface area contributed by atoms with Gasteiger partial charge in [-0.1, -0.05) is 11.2 Å². The quantitative estimate of drug-likeness (QED) is 0.358. The smallest absolute Gasteiger partial charge is 0.191 e. The number of hydrogen-bond donors (Lipinski definition) is 2. The molecule has 1 heterocycles. The average Bonchev–Trinajstić information content (AvgIpc) is 3.13. The third-order valence-electron chi connectivity index (χ3n) is 3.39. The van der Waals surface area contributed by atoms with Gasteiger partial charge in [-0.3, -0.25) is 0 Å². The van der Waals surface area contributed by atoms with Crippen LogP contribution in [0.1, 0.15) is 18.2 Å². The van der Waals surface area contributed by atoms with Crippen LogP contribution in [0, 0.1) is 0 Å². The number of nitrogens with zero attached hydrogens (tertiary/aromatic N) is 2. The van der Waals surface area contributed by atoms with Gasteiger partial charge in [-0.05, 0) is 31.0 Å². The van der Waals surface area contributed by atoms with Crippen LogP contribution in [0.15, 0.2) is 40.0 Å². The van der Waals surface area contributed by atoms with Gasteiger partial charge in [0.15, 0.2) is 17.5 Å². The number of rotatable bonds is 8. The molecule has 2 aromatic rings. The van der Waals surface area contributed by atoms with Crippen LogP contribution in [-0.4, -0.2) is 38.4 Å². The summed E-state index contributed by atoms with van der Waals surface area (Å²) in [7, 11) is 3.27. The highest BCUT2D eigenvalue weighted by atomic mass is 127. The second-order valence-electron chi connectivity index (χ2n) is 5.05. The molecule has 0 saturated heterocycles. The molecule has 8 heteroatoms. The zero-order chi connectivity index (χ0) is 17.2. The molecule has 0 radical (unpaired) electrons. The molecule has 7 nitrogen and oxygen atoms in total. The van der Waals surface area contributed by atoms with Crippen LogP contribution in [-0.2, 0) is 13.0 Å². The normalized spacial score (nSPS) is 10.8. The summed E-state index contributed by atoms with van der Waals surface area (Å²) in [5.41, 5.74) is 1.96. The zero-order valence-electron chi connectivity index (χ0n) is 14.7. The number of guanidine groups is 1. The maximum Gasteiger partial charge on any atom is 0.191 e. The second kappa shape index (κ2) is 11.6. The number of ether oxygens (including phenoxy) is 2. The topological polar surface area (TPSA) is 80.9 Å². The first-order valence-electron chi connectivity index (χ1n) is 7.89. The second-order valence-corrected chi connectivity index (χ2v) is 5.05. The molecule has 0 aliphatic carbocycles. The molecule has 0 atom stereocenters. The summed E-state index contributed by atoms with van der Waals surface area (Å²) in [6.07, 6.45) is 2.39. The van der Waals surface area contributed by atoms with Crippen molar-refractivity contribution in [3.8, 4) is 11.5 Å². The monoisotopic (exact) mass is 460 g/mol. The van der Waals surface area contributed by atoms with Gasteiger partial charge in [-0.2, -0.15) is 0 Å². The standard InChI is InChI=1S/C17H24N4O3.HI/c1-4-18-17(20-12-14-8-10-24-21-14)19-9-7-13-5-6-15(22-2)16(11-13)23-3;/h5-6,8,10-11H,4,7,9,12H2,1-3H3,(H2,18,19,20);1H. The summed E-state index contributed by atoms with van der Waals surface area (Å²) in [6, 6.07) is 7.73. The van der Waals surface area contributed by atoms with Crippen molar-refractivity contribution in [3.63, 3.8) is 0 Å². The van der Waals surface area contributed by atoms with E-state index in [-0.39, 0.29) is 24.0 Å². The van der Waals surface area contributed by atoms with Crippen LogP contribution < -0.4 is 20.1 Å². The van der Waals surface area contributed by atoms with E-state index in [1.807, 2.05) is 25.1 Å². The fourth-order valence-corrected chi connectivity index (χ4v) is 2.18. The highest BCUT2D eigenvalue weighted by molar-refractivity contribution is 14.0. The van der Waals surface area contributed by atoms with Gasteiger partial charge in [0, 0.05) is 19.2 Å².